The number of rotatable bonds is 5. The van der Waals surface area contributed by atoms with Gasteiger partial charge in [0.1, 0.15) is 0 Å². The zero-order chi connectivity index (χ0) is 14.9. The van der Waals surface area contributed by atoms with E-state index in [1.54, 1.807) is 30.5 Å². The van der Waals surface area contributed by atoms with Gasteiger partial charge in [-0.3, -0.25) is 9.58 Å². The predicted molar refractivity (Wildman–Crippen MR) is 81.2 cm³/mol. The van der Waals surface area contributed by atoms with E-state index in [4.69, 9.17) is 11.6 Å². The molecule has 0 radical (unpaired) electrons. The summed E-state index contributed by atoms with van der Waals surface area (Å²) < 4.78 is 26.3. The number of aromatic nitrogens is 2. The Kier molecular flexibility index (Phi) is 4.01. The molecule has 1 saturated heterocycles. The number of benzene rings is 1. The minimum Gasteiger partial charge on any atom is -0.298 e. The van der Waals surface area contributed by atoms with Crippen molar-refractivity contribution in [3.05, 3.63) is 47.7 Å². The smallest absolute Gasteiger partial charge is 0.179 e. The highest BCUT2D eigenvalue weighted by atomic mass is 35.5. The van der Waals surface area contributed by atoms with Crippen LogP contribution in [0.5, 0.6) is 0 Å². The number of nitrogens with zero attached hydrogens (tertiary/aromatic N) is 3. The zero-order valence-electron chi connectivity index (χ0n) is 11.4. The molecule has 0 spiro atoms. The third kappa shape index (κ3) is 3.28. The van der Waals surface area contributed by atoms with Gasteiger partial charge in [0.05, 0.1) is 16.7 Å². The van der Waals surface area contributed by atoms with Crippen LogP contribution in [0.4, 0.5) is 0 Å². The van der Waals surface area contributed by atoms with Crippen molar-refractivity contribution in [1.82, 2.24) is 14.7 Å². The Balaban J connectivity index is 1.53. The van der Waals surface area contributed by atoms with Crippen molar-refractivity contribution in [3.8, 4) is 0 Å². The molecule has 0 bridgehead atoms. The van der Waals surface area contributed by atoms with E-state index in [1.165, 1.54) is 0 Å². The van der Waals surface area contributed by atoms with Crippen LogP contribution in [0.25, 0.3) is 0 Å². The molecule has 0 saturated carbocycles. The van der Waals surface area contributed by atoms with Crippen LogP contribution in [0.1, 0.15) is 6.04 Å². The third-order valence-corrected chi connectivity index (χ3v) is 5.65. The van der Waals surface area contributed by atoms with Crippen LogP contribution in [0.15, 0.2) is 47.6 Å². The Bertz CT molecular complexity index is 692. The Labute approximate surface area is 129 Å². The monoisotopic (exact) mass is 325 g/mol. The van der Waals surface area contributed by atoms with Gasteiger partial charge in [-0.15, -0.1) is 0 Å². The SMILES string of the molecule is O=S(=O)(CCN1CC(n2cccn2)C1)c1ccc(Cl)cc1. The van der Waals surface area contributed by atoms with Crippen LogP contribution in [0.2, 0.25) is 5.02 Å². The zero-order valence-corrected chi connectivity index (χ0v) is 13.0. The average Bonchev–Trinajstić information content (AvgIpc) is 2.91. The highest BCUT2D eigenvalue weighted by Gasteiger charge is 2.29. The average molecular weight is 326 g/mol. The molecule has 2 aromatic rings. The summed E-state index contributed by atoms with van der Waals surface area (Å²) in [5, 5.41) is 4.74. The summed E-state index contributed by atoms with van der Waals surface area (Å²) in [6.07, 6.45) is 3.69. The molecule has 0 amide bonds. The topological polar surface area (TPSA) is 55.2 Å². The number of halogens is 1. The molecule has 1 aliphatic rings. The van der Waals surface area contributed by atoms with Crippen molar-refractivity contribution < 1.29 is 8.42 Å². The molecule has 1 aromatic carbocycles. The van der Waals surface area contributed by atoms with Crippen molar-refractivity contribution in [2.24, 2.45) is 0 Å². The second-order valence-electron chi connectivity index (χ2n) is 5.17. The number of likely N-dealkylation sites (tertiary alicyclic amines) is 1. The molecular weight excluding hydrogens is 310 g/mol. The van der Waals surface area contributed by atoms with Crippen LogP contribution in [0, 0.1) is 0 Å². The van der Waals surface area contributed by atoms with Gasteiger partial charge in [-0.25, -0.2) is 8.42 Å². The maximum Gasteiger partial charge on any atom is 0.179 e. The van der Waals surface area contributed by atoms with E-state index in [1.807, 2.05) is 16.9 Å². The van der Waals surface area contributed by atoms with E-state index in [0.29, 0.717) is 22.5 Å². The van der Waals surface area contributed by atoms with E-state index in [0.717, 1.165) is 13.1 Å². The Hall–Kier alpha value is -1.37. The highest BCUT2D eigenvalue weighted by molar-refractivity contribution is 7.91. The molecule has 1 aromatic heterocycles. The minimum atomic E-state index is -3.24. The third-order valence-electron chi connectivity index (χ3n) is 3.69. The summed E-state index contributed by atoms with van der Waals surface area (Å²) in [6, 6.07) is 8.57. The van der Waals surface area contributed by atoms with E-state index in [2.05, 4.69) is 10.00 Å². The molecule has 5 nitrogen and oxygen atoms in total. The van der Waals surface area contributed by atoms with Gasteiger partial charge in [0, 0.05) is 37.1 Å². The Morgan fingerprint density at radius 1 is 1.24 bits per heavy atom. The molecule has 0 N–H and O–H groups in total. The normalized spacial score (nSPS) is 16.8. The summed E-state index contributed by atoms with van der Waals surface area (Å²) in [5.74, 6) is 0.125. The lowest BCUT2D eigenvalue weighted by Gasteiger charge is -2.39. The maximum atomic E-state index is 12.2. The first kappa shape index (κ1) is 14.6. The summed E-state index contributed by atoms with van der Waals surface area (Å²) in [7, 11) is -3.24. The second-order valence-corrected chi connectivity index (χ2v) is 7.72. The van der Waals surface area contributed by atoms with Gasteiger partial charge < -0.3 is 0 Å². The molecule has 2 heterocycles. The molecule has 1 fully saturated rings. The number of hydrogen-bond acceptors (Lipinski definition) is 4. The van der Waals surface area contributed by atoms with Gasteiger partial charge in [0.15, 0.2) is 9.84 Å². The maximum absolute atomic E-state index is 12.2. The summed E-state index contributed by atoms with van der Waals surface area (Å²) in [5.41, 5.74) is 0. The number of hydrogen-bond donors (Lipinski definition) is 0. The van der Waals surface area contributed by atoms with E-state index < -0.39 is 9.84 Å². The highest BCUT2D eigenvalue weighted by Crippen LogP contribution is 2.21. The van der Waals surface area contributed by atoms with Gasteiger partial charge in [-0.05, 0) is 30.3 Å². The van der Waals surface area contributed by atoms with Crippen LogP contribution < -0.4 is 0 Å². The summed E-state index contributed by atoms with van der Waals surface area (Å²) in [6.45, 7) is 2.23. The molecule has 7 heteroatoms. The minimum absolute atomic E-state index is 0.125. The van der Waals surface area contributed by atoms with Gasteiger partial charge in [0.25, 0.3) is 0 Å². The van der Waals surface area contributed by atoms with Crippen molar-refractivity contribution >= 4 is 21.4 Å². The lowest BCUT2D eigenvalue weighted by molar-refractivity contribution is 0.106. The molecule has 21 heavy (non-hydrogen) atoms. The van der Waals surface area contributed by atoms with Crippen molar-refractivity contribution in [2.75, 3.05) is 25.4 Å². The van der Waals surface area contributed by atoms with Crippen LogP contribution >= 0.6 is 11.6 Å². The fraction of sp³-hybridized carbons (Fsp3) is 0.357. The standard InChI is InChI=1S/C14H16ClN3O2S/c15-12-2-4-14(5-3-12)21(19,20)9-8-17-10-13(11-17)18-7-1-6-16-18/h1-7,13H,8-11H2. The lowest BCUT2D eigenvalue weighted by Crippen LogP contribution is -2.49. The van der Waals surface area contributed by atoms with Crippen LogP contribution in [-0.4, -0.2) is 48.5 Å². The van der Waals surface area contributed by atoms with Gasteiger partial charge >= 0.3 is 0 Å². The quantitative estimate of drug-likeness (QED) is 0.842. The Morgan fingerprint density at radius 3 is 2.57 bits per heavy atom. The number of sulfone groups is 1. The van der Waals surface area contributed by atoms with Crippen LogP contribution in [0.3, 0.4) is 0 Å². The fourth-order valence-electron chi connectivity index (χ4n) is 2.40. The van der Waals surface area contributed by atoms with Crippen LogP contribution in [-0.2, 0) is 9.84 Å². The molecule has 1 aliphatic heterocycles. The Morgan fingerprint density at radius 2 is 1.95 bits per heavy atom. The van der Waals surface area contributed by atoms with Crippen molar-refractivity contribution in [2.45, 2.75) is 10.9 Å². The van der Waals surface area contributed by atoms with E-state index >= 15 is 0 Å². The van der Waals surface area contributed by atoms with Crippen molar-refractivity contribution in [1.29, 1.82) is 0 Å². The van der Waals surface area contributed by atoms with Gasteiger partial charge in [-0.1, -0.05) is 11.6 Å². The first-order valence-corrected chi connectivity index (χ1v) is 8.77. The summed E-state index contributed by atoms with van der Waals surface area (Å²) in [4.78, 5) is 2.45. The molecule has 0 atom stereocenters. The largest absolute Gasteiger partial charge is 0.298 e. The van der Waals surface area contributed by atoms with E-state index in [-0.39, 0.29) is 5.75 Å². The van der Waals surface area contributed by atoms with E-state index in [9.17, 15) is 8.42 Å². The molecule has 3 rings (SSSR count). The molecule has 0 aliphatic carbocycles. The molecule has 0 unspecified atom stereocenters. The molecule has 112 valence electrons. The molecular formula is C14H16ClN3O2S. The van der Waals surface area contributed by atoms with Gasteiger partial charge in [0.2, 0.25) is 0 Å². The van der Waals surface area contributed by atoms with Crippen molar-refractivity contribution in [3.63, 3.8) is 0 Å². The summed E-state index contributed by atoms with van der Waals surface area (Å²) >= 11 is 5.77. The van der Waals surface area contributed by atoms with Gasteiger partial charge in [-0.2, -0.15) is 5.10 Å². The second kappa shape index (κ2) is 5.79. The predicted octanol–water partition coefficient (Wildman–Crippen LogP) is 1.87. The first-order chi connectivity index (χ1) is 10.0. The fourth-order valence-corrected chi connectivity index (χ4v) is 3.81. The first-order valence-electron chi connectivity index (χ1n) is 6.74. The lowest BCUT2D eigenvalue weighted by atomic mass is 10.1.